The fourth-order valence-electron chi connectivity index (χ4n) is 11.2. The molecular formula is C58H84O7Si2. The van der Waals surface area contributed by atoms with E-state index in [1.165, 1.54) is 0 Å². The molecule has 0 fully saturated rings. The van der Waals surface area contributed by atoms with Gasteiger partial charge in [0.15, 0.2) is 0 Å². The highest BCUT2D eigenvalue weighted by Gasteiger charge is 2.49. The Morgan fingerprint density at radius 2 is 1.04 bits per heavy atom. The lowest BCUT2D eigenvalue weighted by Gasteiger charge is -2.47. The van der Waals surface area contributed by atoms with Crippen LogP contribution in [0.1, 0.15) is 119 Å². The molecule has 4 rings (SSSR count). The zero-order valence-corrected chi connectivity index (χ0v) is 45.5. The van der Waals surface area contributed by atoms with E-state index < -0.39 is 34.4 Å². The lowest BCUT2D eigenvalue weighted by atomic mass is 9.80. The summed E-state index contributed by atoms with van der Waals surface area (Å²) in [7, 11) is -2.97. The quantitative estimate of drug-likeness (QED) is 0.0243. The molecule has 0 saturated heterocycles. The van der Waals surface area contributed by atoms with Crippen molar-refractivity contribution >= 4 is 23.1 Å². The van der Waals surface area contributed by atoms with Gasteiger partial charge in [0.05, 0.1) is 33.0 Å². The smallest absolute Gasteiger partial charge is 0.293 e. The molecule has 0 aliphatic rings. The number of hydrogen-bond donors (Lipinski definition) is 0. The molecule has 0 bridgehead atoms. The van der Waals surface area contributed by atoms with E-state index >= 15 is 0 Å². The zero-order chi connectivity index (χ0) is 49.4. The van der Waals surface area contributed by atoms with Crippen molar-refractivity contribution in [2.24, 2.45) is 5.92 Å². The van der Waals surface area contributed by atoms with Crippen LogP contribution in [0.2, 0.25) is 33.2 Å². The first-order chi connectivity index (χ1) is 31.9. The molecule has 0 N–H and O–H groups in total. The third-order valence-corrected chi connectivity index (χ3v) is 26.5. The van der Waals surface area contributed by atoms with Gasteiger partial charge in [0.25, 0.3) is 6.47 Å². The van der Waals surface area contributed by atoms with Crippen molar-refractivity contribution in [2.75, 3.05) is 20.3 Å². The maximum atomic E-state index is 12.6. The molecule has 7 nitrogen and oxygen atoms in total. The summed E-state index contributed by atoms with van der Waals surface area (Å²) in [6, 6.07) is 38.9. The number of benzene rings is 4. The lowest BCUT2D eigenvalue weighted by Crippen LogP contribution is -2.53. The molecule has 4 aromatic carbocycles. The number of rotatable bonds is 28. The minimum atomic E-state index is -2.48. The van der Waals surface area contributed by atoms with Crippen LogP contribution in [-0.4, -0.2) is 61.7 Å². The number of methoxy groups -OCH3 is 1. The van der Waals surface area contributed by atoms with Gasteiger partial charge in [0, 0.05) is 5.92 Å². The summed E-state index contributed by atoms with van der Waals surface area (Å²) in [6.45, 7) is 33.8. The van der Waals surface area contributed by atoms with Crippen LogP contribution >= 0.6 is 0 Å². The summed E-state index contributed by atoms with van der Waals surface area (Å²) >= 11 is 0. The highest BCUT2D eigenvalue weighted by Crippen LogP contribution is 2.46. The Bertz CT molecular complexity index is 1940. The first-order valence-corrected chi connectivity index (χ1v) is 29.0. The van der Waals surface area contributed by atoms with Gasteiger partial charge in [-0.05, 0) is 86.2 Å². The summed E-state index contributed by atoms with van der Waals surface area (Å²) < 4.78 is 40.7. The van der Waals surface area contributed by atoms with Gasteiger partial charge in [-0.1, -0.05) is 205 Å². The predicted octanol–water partition coefficient (Wildman–Crippen LogP) is 15.0. The van der Waals surface area contributed by atoms with Gasteiger partial charge in [-0.3, -0.25) is 4.79 Å². The van der Waals surface area contributed by atoms with E-state index in [0.29, 0.717) is 46.3 Å². The van der Waals surface area contributed by atoms with E-state index in [1.54, 1.807) is 7.11 Å². The monoisotopic (exact) mass is 949 g/mol. The van der Waals surface area contributed by atoms with Crippen LogP contribution in [0.4, 0.5) is 0 Å². The predicted molar refractivity (Wildman–Crippen MR) is 283 cm³/mol. The van der Waals surface area contributed by atoms with Crippen LogP contribution in [0.5, 0.6) is 5.75 Å². The average molecular weight is 949 g/mol. The van der Waals surface area contributed by atoms with Gasteiger partial charge in [-0.25, -0.2) is 0 Å². The third-order valence-electron chi connectivity index (χ3n) is 14.3. The molecule has 4 aromatic rings. The maximum absolute atomic E-state index is 12.6. The Kier molecular flexibility index (Phi) is 21.6. The van der Waals surface area contributed by atoms with Crippen molar-refractivity contribution in [1.82, 2.24) is 0 Å². The molecule has 0 aromatic heterocycles. The highest BCUT2D eigenvalue weighted by atomic mass is 28.4. The van der Waals surface area contributed by atoms with Crippen LogP contribution in [0, 0.1) is 5.92 Å². The lowest BCUT2D eigenvalue weighted by molar-refractivity contribution is -0.144. The van der Waals surface area contributed by atoms with E-state index in [1.807, 2.05) is 91.0 Å². The van der Waals surface area contributed by atoms with E-state index in [2.05, 4.69) is 139 Å². The normalized spacial score (nSPS) is 15.0. The van der Waals surface area contributed by atoms with Crippen molar-refractivity contribution in [3.8, 4) is 5.75 Å². The van der Waals surface area contributed by atoms with Gasteiger partial charge >= 0.3 is 0 Å². The maximum Gasteiger partial charge on any atom is 0.293 e. The molecule has 1 unspecified atom stereocenters. The second kappa shape index (κ2) is 26.0. The molecule has 0 aliphatic heterocycles. The molecule has 4 atom stereocenters. The average Bonchev–Trinajstić information content (AvgIpc) is 3.31. The summed E-state index contributed by atoms with van der Waals surface area (Å²) in [6.07, 6.45) is 4.39. The van der Waals surface area contributed by atoms with E-state index in [-0.39, 0.29) is 25.2 Å². The van der Waals surface area contributed by atoms with Crippen molar-refractivity contribution in [1.29, 1.82) is 0 Å². The Balaban J connectivity index is 1.85. The minimum absolute atomic E-state index is 0.213. The Labute approximate surface area is 407 Å². The van der Waals surface area contributed by atoms with Crippen molar-refractivity contribution in [3.05, 3.63) is 161 Å². The fourth-order valence-corrected chi connectivity index (χ4v) is 22.3. The molecular weight excluding hydrogens is 865 g/mol. The number of hydrogen-bond acceptors (Lipinski definition) is 7. The van der Waals surface area contributed by atoms with Gasteiger partial charge in [-0.15, -0.1) is 0 Å². The van der Waals surface area contributed by atoms with Crippen LogP contribution in [0.15, 0.2) is 139 Å². The molecule has 0 radical (unpaired) electrons. The van der Waals surface area contributed by atoms with Crippen molar-refractivity contribution in [3.63, 3.8) is 0 Å². The number of carbonyl (C=O) groups excluding carboxylic acids is 1. The van der Waals surface area contributed by atoms with Crippen molar-refractivity contribution < 1.29 is 32.6 Å². The summed E-state index contributed by atoms with van der Waals surface area (Å²) in [5.74, 6) is 0.497. The van der Waals surface area contributed by atoms with Gasteiger partial charge in [0.1, 0.15) is 23.6 Å². The topological polar surface area (TPSA) is 72.5 Å². The summed E-state index contributed by atoms with van der Waals surface area (Å²) in [4.78, 5) is 12.6. The largest absolute Gasteiger partial charge is 0.497 e. The molecule has 0 amide bonds. The van der Waals surface area contributed by atoms with Crippen LogP contribution in [-0.2, 0) is 40.1 Å². The van der Waals surface area contributed by atoms with Gasteiger partial charge < -0.3 is 27.8 Å². The highest BCUT2D eigenvalue weighted by molar-refractivity contribution is 6.78. The summed E-state index contributed by atoms with van der Waals surface area (Å²) in [5.41, 5.74) is 6.56. The SMILES string of the molecule is COc1ccc(CO[C@@H](C(/C=C/COC(c2ccccc2)(c2ccccc2)c2ccccc2)OC=O)[C@H](C)[C@@H](O[Si](C(C)C)(C(C)C)C(C)C)/C(C)=C\CO[Si](C(C)C)(C(C)C)C(C)C)cc1. The van der Waals surface area contributed by atoms with Gasteiger partial charge in [-0.2, -0.15) is 0 Å². The second-order valence-corrected chi connectivity index (χ2v) is 31.0. The molecule has 0 aliphatic carbocycles. The molecule has 0 spiro atoms. The van der Waals surface area contributed by atoms with Crippen LogP contribution in [0.3, 0.4) is 0 Å². The third kappa shape index (κ3) is 13.2. The van der Waals surface area contributed by atoms with Crippen molar-refractivity contribution in [2.45, 2.75) is 161 Å². The van der Waals surface area contributed by atoms with E-state index in [9.17, 15) is 4.79 Å². The van der Waals surface area contributed by atoms with E-state index in [4.69, 9.17) is 27.8 Å². The molecule has 366 valence electrons. The fraction of sp³-hybridized carbons (Fsp3) is 0.500. The molecule has 0 saturated carbocycles. The number of ether oxygens (including phenoxy) is 4. The second-order valence-electron chi connectivity index (χ2n) is 20.1. The minimum Gasteiger partial charge on any atom is -0.497 e. The molecule has 67 heavy (non-hydrogen) atoms. The van der Waals surface area contributed by atoms with Gasteiger partial charge in [0.2, 0.25) is 16.6 Å². The first-order valence-electron chi connectivity index (χ1n) is 24.7. The Morgan fingerprint density at radius 1 is 0.597 bits per heavy atom. The standard InChI is InChI=1S/C58H84O7Si2/c1-42(2)66(43(3)4,44(5)6)64-39-37-48(13)56(65-67(45(7)8,46(9)10)47(11)12)49(14)57(61-40-50-33-35-54(60-15)36-34-50)55(62-41-59)32-25-38-63-58(51-26-19-16-20-27-51,52-28-21-17-22-29-52)53-30-23-18-24-31-53/h16-37,41-47,49,55-57H,38-40H2,1-15H3/b32-25+,48-37-/t49-,55?,56+,57-/m1/s1. The number of carbonyl (C=O) groups is 1. The van der Waals surface area contributed by atoms with E-state index in [0.717, 1.165) is 33.6 Å². The molecule has 9 heteroatoms. The van der Waals surface area contributed by atoms with Crippen LogP contribution in [0.25, 0.3) is 0 Å². The first kappa shape index (κ1) is 55.5. The summed E-state index contributed by atoms with van der Waals surface area (Å²) in [5, 5.41) is 0. The Morgan fingerprint density at radius 3 is 1.45 bits per heavy atom. The molecule has 0 heterocycles. The van der Waals surface area contributed by atoms with Crippen LogP contribution < -0.4 is 4.74 Å². The Hall–Kier alpha value is -4.10. The zero-order valence-electron chi connectivity index (χ0n) is 43.5.